The summed E-state index contributed by atoms with van der Waals surface area (Å²) in [6.45, 7) is 4.77. The second kappa shape index (κ2) is 5.33. The summed E-state index contributed by atoms with van der Waals surface area (Å²) in [6, 6.07) is 3.49. The molecule has 1 aliphatic heterocycles. The van der Waals surface area contributed by atoms with E-state index in [1.54, 1.807) is 24.1 Å². The van der Waals surface area contributed by atoms with Crippen molar-refractivity contribution >= 4 is 5.91 Å². The second-order valence-electron chi connectivity index (χ2n) is 4.29. The highest BCUT2D eigenvalue weighted by Crippen LogP contribution is 2.09. The number of carbonyl (C=O) groups is 1. The van der Waals surface area contributed by atoms with Crippen molar-refractivity contribution in [2.45, 2.75) is 13.0 Å². The summed E-state index contributed by atoms with van der Waals surface area (Å²) < 4.78 is 10.9. The zero-order valence-electron chi connectivity index (χ0n) is 10.2. The number of likely N-dealkylation sites (N-methyl/N-ethyl adjacent to an activating group) is 1. The highest BCUT2D eigenvalue weighted by atomic mass is 16.5. The van der Waals surface area contributed by atoms with Gasteiger partial charge in [0.1, 0.15) is 5.76 Å². The summed E-state index contributed by atoms with van der Waals surface area (Å²) in [6.07, 6.45) is 0.0637. The molecule has 0 spiro atoms. The van der Waals surface area contributed by atoms with Gasteiger partial charge in [-0.15, -0.1) is 0 Å². The SMILES string of the molecule is Cc1ccc(C(=O)N(C)CC2CNCCO2)o1. The molecule has 1 amide bonds. The predicted octanol–water partition coefficient (Wildman–Crippen LogP) is 0.648. The predicted molar refractivity (Wildman–Crippen MR) is 63.0 cm³/mol. The van der Waals surface area contributed by atoms with E-state index in [0.717, 1.165) is 18.8 Å². The number of hydrogen-bond acceptors (Lipinski definition) is 4. The van der Waals surface area contributed by atoms with E-state index in [0.29, 0.717) is 18.9 Å². The minimum atomic E-state index is -0.104. The van der Waals surface area contributed by atoms with Crippen LogP contribution >= 0.6 is 0 Å². The monoisotopic (exact) mass is 238 g/mol. The summed E-state index contributed by atoms with van der Waals surface area (Å²) in [5.74, 6) is 1.03. The molecular formula is C12H18N2O3. The van der Waals surface area contributed by atoms with Crippen molar-refractivity contribution in [3.05, 3.63) is 23.7 Å². The Kier molecular flexibility index (Phi) is 3.81. The fourth-order valence-corrected chi connectivity index (χ4v) is 1.86. The molecule has 0 radical (unpaired) electrons. The average Bonchev–Trinajstić information content (AvgIpc) is 2.76. The standard InChI is InChI=1S/C12H18N2O3/c1-9-3-4-11(17-9)12(15)14(2)8-10-7-13-5-6-16-10/h3-4,10,13H,5-8H2,1-2H3. The van der Waals surface area contributed by atoms with Crippen LogP contribution in [0.15, 0.2) is 16.5 Å². The lowest BCUT2D eigenvalue weighted by molar-refractivity contribution is 0.00970. The maximum atomic E-state index is 12.0. The first-order valence-corrected chi connectivity index (χ1v) is 5.81. The van der Waals surface area contributed by atoms with E-state index in [9.17, 15) is 4.79 Å². The highest BCUT2D eigenvalue weighted by molar-refractivity contribution is 5.91. The van der Waals surface area contributed by atoms with E-state index >= 15 is 0 Å². The van der Waals surface area contributed by atoms with Gasteiger partial charge in [0.25, 0.3) is 5.91 Å². The summed E-state index contributed by atoms with van der Waals surface area (Å²) in [7, 11) is 1.76. The molecular weight excluding hydrogens is 220 g/mol. The number of rotatable bonds is 3. The molecule has 1 saturated heterocycles. The van der Waals surface area contributed by atoms with Crippen LogP contribution in [0.1, 0.15) is 16.3 Å². The molecule has 0 aliphatic carbocycles. The normalized spacial score (nSPS) is 20.2. The lowest BCUT2D eigenvalue weighted by Crippen LogP contribution is -2.45. The Labute approximate surface area is 101 Å². The molecule has 17 heavy (non-hydrogen) atoms. The van der Waals surface area contributed by atoms with E-state index < -0.39 is 0 Å². The van der Waals surface area contributed by atoms with Gasteiger partial charge >= 0.3 is 0 Å². The van der Waals surface area contributed by atoms with Gasteiger partial charge in [-0.3, -0.25) is 4.79 Å². The number of carbonyl (C=O) groups excluding carboxylic acids is 1. The summed E-state index contributed by atoms with van der Waals surface area (Å²) >= 11 is 0. The van der Waals surface area contributed by atoms with E-state index in [4.69, 9.17) is 9.15 Å². The molecule has 94 valence electrons. The number of morpholine rings is 1. The molecule has 5 heteroatoms. The van der Waals surface area contributed by atoms with Gasteiger partial charge in [0.05, 0.1) is 12.7 Å². The molecule has 2 rings (SSSR count). The number of furan rings is 1. The van der Waals surface area contributed by atoms with Crippen molar-refractivity contribution in [1.29, 1.82) is 0 Å². The number of ether oxygens (including phenoxy) is 1. The van der Waals surface area contributed by atoms with Crippen molar-refractivity contribution in [2.24, 2.45) is 0 Å². The van der Waals surface area contributed by atoms with E-state index in [1.165, 1.54) is 0 Å². The van der Waals surface area contributed by atoms with Gasteiger partial charge in [-0.1, -0.05) is 0 Å². The van der Waals surface area contributed by atoms with Crippen LogP contribution in [0.5, 0.6) is 0 Å². The molecule has 1 aromatic rings. The molecule has 1 aliphatic rings. The van der Waals surface area contributed by atoms with Crippen LogP contribution in [0, 0.1) is 6.92 Å². The highest BCUT2D eigenvalue weighted by Gasteiger charge is 2.21. The van der Waals surface area contributed by atoms with Crippen molar-refractivity contribution in [3.8, 4) is 0 Å². The quantitative estimate of drug-likeness (QED) is 0.840. The summed E-state index contributed by atoms with van der Waals surface area (Å²) in [4.78, 5) is 13.6. The first-order valence-electron chi connectivity index (χ1n) is 5.81. The first-order chi connectivity index (χ1) is 8.16. The van der Waals surface area contributed by atoms with Crippen LogP contribution in [-0.4, -0.2) is 50.2 Å². The number of nitrogens with zero attached hydrogens (tertiary/aromatic N) is 1. The van der Waals surface area contributed by atoms with Crippen LogP contribution in [-0.2, 0) is 4.74 Å². The third kappa shape index (κ3) is 3.08. The minimum absolute atomic E-state index is 0.0637. The van der Waals surface area contributed by atoms with Gasteiger partial charge < -0.3 is 19.4 Å². The molecule has 0 bridgehead atoms. The van der Waals surface area contributed by atoms with Crippen LogP contribution in [0.25, 0.3) is 0 Å². The number of aryl methyl sites for hydroxylation is 1. The fourth-order valence-electron chi connectivity index (χ4n) is 1.86. The zero-order chi connectivity index (χ0) is 12.3. The Morgan fingerprint density at radius 2 is 2.41 bits per heavy atom. The van der Waals surface area contributed by atoms with E-state index in [-0.39, 0.29) is 12.0 Å². The Hall–Kier alpha value is -1.33. The number of nitrogens with one attached hydrogen (secondary N) is 1. The van der Waals surface area contributed by atoms with Crippen LogP contribution < -0.4 is 5.32 Å². The van der Waals surface area contributed by atoms with Crippen molar-refractivity contribution in [1.82, 2.24) is 10.2 Å². The molecule has 5 nitrogen and oxygen atoms in total. The minimum Gasteiger partial charge on any atom is -0.456 e. The maximum absolute atomic E-state index is 12.0. The Morgan fingerprint density at radius 1 is 1.59 bits per heavy atom. The number of amides is 1. The summed E-state index contributed by atoms with van der Waals surface area (Å²) in [5, 5.41) is 3.24. The van der Waals surface area contributed by atoms with Gasteiger partial charge in [-0.05, 0) is 19.1 Å². The molecule has 1 N–H and O–H groups in total. The third-order valence-corrected chi connectivity index (χ3v) is 2.78. The second-order valence-corrected chi connectivity index (χ2v) is 4.29. The maximum Gasteiger partial charge on any atom is 0.289 e. The van der Waals surface area contributed by atoms with Crippen molar-refractivity contribution < 1.29 is 13.9 Å². The summed E-state index contributed by atoms with van der Waals surface area (Å²) in [5.41, 5.74) is 0. The molecule has 1 atom stereocenters. The van der Waals surface area contributed by atoms with Crippen molar-refractivity contribution in [2.75, 3.05) is 33.3 Å². The molecule has 1 fully saturated rings. The fraction of sp³-hybridized carbons (Fsp3) is 0.583. The van der Waals surface area contributed by atoms with Crippen LogP contribution in [0.4, 0.5) is 0 Å². The van der Waals surface area contributed by atoms with E-state index in [2.05, 4.69) is 5.32 Å². The third-order valence-electron chi connectivity index (χ3n) is 2.78. The molecule has 2 heterocycles. The first kappa shape index (κ1) is 12.1. The Morgan fingerprint density at radius 3 is 3.00 bits per heavy atom. The van der Waals surface area contributed by atoms with Gasteiger partial charge in [-0.2, -0.15) is 0 Å². The van der Waals surface area contributed by atoms with Gasteiger partial charge in [0, 0.05) is 26.7 Å². The Balaban J connectivity index is 1.90. The average molecular weight is 238 g/mol. The molecule has 1 unspecified atom stereocenters. The lowest BCUT2D eigenvalue weighted by Gasteiger charge is -2.27. The Bertz CT molecular complexity index is 383. The van der Waals surface area contributed by atoms with Crippen LogP contribution in [0.2, 0.25) is 0 Å². The zero-order valence-corrected chi connectivity index (χ0v) is 10.2. The number of hydrogen-bond donors (Lipinski definition) is 1. The smallest absolute Gasteiger partial charge is 0.289 e. The van der Waals surface area contributed by atoms with Crippen molar-refractivity contribution in [3.63, 3.8) is 0 Å². The lowest BCUT2D eigenvalue weighted by atomic mass is 10.2. The van der Waals surface area contributed by atoms with Crippen LogP contribution in [0.3, 0.4) is 0 Å². The molecule has 0 saturated carbocycles. The van der Waals surface area contributed by atoms with Gasteiger partial charge in [0.15, 0.2) is 5.76 Å². The molecule has 0 aromatic carbocycles. The van der Waals surface area contributed by atoms with E-state index in [1.807, 2.05) is 6.92 Å². The largest absolute Gasteiger partial charge is 0.456 e. The van der Waals surface area contributed by atoms with Gasteiger partial charge in [-0.25, -0.2) is 0 Å². The van der Waals surface area contributed by atoms with Gasteiger partial charge in [0.2, 0.25) is 0 Å². The topological polar surface area (TPSA) is 54.7 Å². The molecule has 1 aromatic heterocycles.